The van der Waals surface area contributed by atoms with Gasteiger partial charge >= 0.3 is 0 Å². The molecule has 1 aliphatic rings. The van der Waals surface area contributed by atoms with Gasteiger partial charge in [0.1, 0.15) is 6.04 Å². The molecule has 1 aliphatic heterocycles. The van der Waals surface area contributed by atoms with Gasteiger partial charge in [-0.05, 0) is 76.0 Å². The maximum Gasteiger partial charge on any atom is 0.253 e. The van der Waals surface area contributed by atoms with E-state index in [0.29, 0.717) is 31.0 Å². The molecule has 5 aromatic rings. The summed E-state index contributed by atoms with van der Waals surface area (Å²) in [7, 11) is 0. The van der Waals surface area contributed by atoms with Gasteiger partial charge in [-0.25, -0.2) is 4.68 Å². The maximum atomic E-state index is 13.8. The van der Waals surface area contributed by atoms with Crippen LogP contribution in [-0.4, -0.2) is 47.8 Å². The zero-order valence-corrected chi connectivity index (χ0v) is 22.6. The largest absolute Gasteiger partial charge is 0.376 e. The summed E-state index contributed by atoms with van der Waals surface area (Å²) in [5.74, 6) is 0.617. The fourth-order valence-corrected chi connectivity index (χ4v) is 5.50. The highest BCUT2D eigenvalue weighted by Gasteiger charge is 2.32. The summed E-state index contributed by atoms with van der Waals surface area (Å²) in [6.07, 6.45) is 6.58. The number of aromatic amines is 1. The SMILES string of the molecule is CCc1ccc2[nH]c(=O)c([C@@H](c3nnnn3C[C@@H]3CCCO3)N(Cc3ccccc3)Cc3cccnc3)cc2c1. The summed E-state index contributed by atoms with van der Waals surface area (Å²) < 4.78 is 7.73. The summed E-state index contributed by atoms with van der Waals surface area (Å²) in [4.78, 5) is 23.5. The van der Waals surface area contributed by atoms with Gasteiger partial charge in [-0.15, -0.1) is 5.10 Å². The van der Waals surface area contributed by atoms with Crippen LogP contribution in [0.3, 0.4) is 0 Å². The summed E-state index contributed by atoms with van der Waals surface area (Å²) in [5, 5.41) is 14.0. The van der Waals surface area contributed by atoms with E-state index in [1.807, 2.05) is 47.3 Å². The highest BCUT2D eigenvalue weighted by Crippen LogP contribution is 2.31. The molecule has 204 valence electrons. The topological polar surface area (TPSA) is 102 Å². The number of hydrogen-bond acceptors (Lipinski definition) is 7. The Hall–Kier alpha value is -4.21. The van der Waals surface area contributed by atoms with Gasteiger partial charge in [0.15, 0.2) is 5.82 Å². The molecule has 2 atom stereocenters. The van der Waals surface area contributed by atoms with Crippen LogP contribution in [0, 0.1) is 0 Å². The van der Waals surface area contributed by atoms with Crippen molar-refractivity contribution in [1.82, 2.24) is 35.1 Å². The monoisotopic (exact) mass is 535 g/mol. The molecule has 0 aliphatic carbocycles. The number of pyridine rings is 2. The molecule has 1 saturated heterocycles. The molecule has 2 aromatic carbocycles. The second-order valence-electron chi connectivity index (χ2n) is 10.3. The van der Waals surface area contributed by atoms with Gasteiger partial charge in [-0.2, -0.15) is 0 Å². The van der Waals surface area contributed by atoms with Crippen LogP contribution < -0.4 is 5.56 Å². The van der Waals surface area contributed by atoms with E-state index in [0.717, 1.165) is 47.9 Å². The van der Waals surface area contributed by atoms with Crippen LogP contribution in [-0.2, 0) is 30.8 Å². The third-order valence-corrected chi connectivity index (χ3v) is 7.55. The van der Waals surface area contributed by atoms with Crippen molar-refractivity contribution in [3.8, 4) is 0 Å². The molecule has 0 bridgehead atoms. The van der Waals surface area contributed by atoms with Crippen molar-refractivity contribution in [2.24, 2.45) is 0 Å². The van der Waals surface area contributed by atoms with E-state index in [9.17, 15) is 4.79 Å². The van der Waals surface area contributed by atoms with Crippen molar-refractivity contribution in [1.29, 1.82) is 0 Å². The van der Waals surface area contributed by atoms with Gasteiger partial charge in [0.2, 0.25) is 0 Å². The molecule has 1 fully saturated rings. The molecule has 0 spiro atoms. The summed E-state index contributed by atoms with van der Waals surface area (Å²) >= 11 is 0. The molecular weight excluding hydrogens is 502 g/mol. The second-order valence-corrected chi connectivity index (χ2v) is 10.3. The third-order valence-electron chi connectivity index (χ3n) is 7.55. The van der Waals surface area contributed by atoms with E-state index < -0.39 is 6.04 Å². The fourth-order valence-electron chi connectivity index (χ4n) is 5.50. The summed E-state index contributed by atoms with van der Waals surface area (Å²) in [6, 6.07) is 21.9. The molecule has 0 radical (unpaired) electrons. The molecule has 0 saturated carbocycles. The molecule has 0 unspecified atom stereocenters. The van der Waals surface area contributed by atoms with Crippen molar-refractivity contribution >= 4 is 10.9 Å². The van der Waals surface area contributed by atoms with Gasteiger partial charge < -0.3 is 9.72 Å². The molecule has 0 amide bonds. The number of fused-ring (bicyclic) bond motifs is 1. The number of tetrazole rings is 1. The number of rotatable bonds is 10. The smallest absolute Gasteiger partial charge is 0.253 e. The van der Waals surface area contributed by atoms with Crippen molar-refractivity contribution in [2.75, 3.05) is 6.61 Å². The number of aryl methyl sites for hydroxylation is 1. The number of nitrogens with zero attached hydrogens (tertiary/aromatic N) is 6. The lowest BCUT2D eigenvalue weighted by atomic mass is 10.0. The number of ether oxygens (including phenoxy) is 1. The second kappa shape index (κ2) is 11.9. The highest BCUT2D eigenvalue weighted by atomic mass is 16.5. The van der Waals surface area contributed by atoms with Gasteiger partial charge in [-0.1, -0.05) is 49.4 Å². The first-order chi connectivity index (χ1) is 19.7. The molecule has 3 aromatic heterocycles. The van der Waals surface area contributed by atoms with Crippen molar-refractivity contribution in [3.63, 3.8) is 0 Å². The first kappa shape index (κ1) is 26.0. The first-order valence-electron chi connectivity index (χ1n) is 13.9. The van der Waals surface area contributed by atoms with Crippen LogP contribution in [0.1, 0.15) is 53.9 Å². The first-order valence-corrected chi connectivity index (χ1v) is 13.9. The lowest BCUT2D eigenvalue weighted by Crippen LogP contribution is -2.35. The minimum Gasteiger partial charge on any atom is -0.376 e. The standard InChI is InChI=1S/C31H33N7O2/c1-2-22-12-13-28-25(16-22)17-27(31(39)33-28)29(30-34-35-36-38(30)21-26-11-7-15-40-26)37(19-23-8-4-3-5-9-23)20-24-10-6-14-32-18-24/h3-6,8-10,12-14,16-18,26,29H,2,7,11,15,19-21H2,1H3,(H,33,39)/t26-,29-/m0/s1. The van der Waals surface area contributed by atoms with Crippen LogP contribution in [0.5, 0.6) is 0 Å². The predicted molar refractivity (Wildman–Crippen MR) is 153 cm³/mol. The van der Waals surface area contributed by atoms with Crippen LogP contribution in [0.4, 0.5) is 0 Å². The average molecular weight is 536 g/mol. The van der Waals surface area contributed by atoms with Crippen LogP contribution >= 0.6 is 0 Å². The van der Waals surface area contributed by atoms with Crippen LogP contribution in [0.25, 0.3) is 10.9 Å². The quantitative estimate of drug-likeness (QED) is 0.282. The zero-order chi connectivity index (χ0) is 27.3. The minimum atomic E-state index is -0.518. The van der Waals surface area contributed by atoms with Gasteiger partial charge in [0, 0.05) is 43.2 Å². The molecular formula is C31H33N7O2. The van der Waals surface area contributed by atoms with E-state index in [1.165, 1.54) is 5.56 Å². The third kappa shape index (κ3) is 5.71. The number of H-pyrrole nitrogens is 1. The number of aromatic nitrogens is 6. The van der Waals surface area contributed by atoms with Crippen molar-refractivity contribution < 1.29 is 4.74 Å². The lowest BCUT2D eigenvalue weighted by molar-refractivity contribution is 0.0903. The van der Waals surface area contributed by atoms with Crippen LogP contribution in [0.2, 0.25) is 0 Å². The van der Waals surface area contributed by atoms with E-state index >= 15 is 0 Å². The fraction of sp³-hybridized carbons (Fsp3) is 0.323. The lowest BCUT2D eigenvalue weighted by Gasteiger charge is -2.31. The number of nitrogens with one attached hydrogen (secondary N) is 1. The van der Waals surface area contributed by atoms with E-state index in [2.05, 4.69) is 67.6 Å². The zero-order valence-electron chi connectivity index (χ0n) is 22.6. The Kier molecular flexibility index (Phi) is 7.74. The normalized spacial score (nSPS) is 16.1. The highest BCUT2D eigenvalue weighted by molar-refractivity contribution is 5.80. The van der Waals surface area contributed by atoms with E-state index in [4.69, 9.17) is 4.74 Å². The Morgan fingerprint density at radius 2 is 1.90 bits per heavy atom. The Morgan fingerprint density at radius 1 is 1.05 bits per heavy atom. The van der Waals surface area contributed by atoms with Crippen LogP contribution in [0.15, 0.2) is 83.9 Å². The van der Waals surface area contributed by atoms with Crippen molar-refractivity contribution in [3.05, 3.63) is 118 Å². The summed E-state index contributed by atoms with van der Waals surface area (Å²) in [5.41, 5.74) is 4.63. The summed E-state index contributed by atoms with van der Waals surface area (Å²) in [6.45, 7) is 4.55. The molecule has 4 heterocycles. The average Bonchev–Trinajstić information content (AvgIpc) is 3.67. The van der Waals surface area contributed by atoms with E-state index in [1.54, 1.807) is 6.20 Å². The van der Waals surface area contributed by atoms with Gasteiger partial charge in [-0.3, -0.25) is 14.7 Å². The van der Waals surface area contributed by atoms with Crippen molar-refractivity contribution in [2.45, 2.75) is 58.0 Å². The Balaban J connectivity index is 1.51. The number of hydrogen-bond donors (Lipinski definition) is 1. The predicted octanol–water partition coefficient (Wildman–Crippen LogP) is 4.44. The number of benzene rings is 2. The Bertz CT molecular complexity index is 1570. The minimum absolute atomic E-state index is 0.0470. The van der Waals surface area contributed by atoms with Gasteiger partial charge in [0.05, 0.1) is 12.6 Å². The molecule has 40 heavy (non-hydrogen) atoms. The Labute approximate surface area is 232 Å². The molecule has 9 heteroatoms. The van der Waals surface area contributed by atoms with E-state index in [-0.39, 0.29) is 11.7 Å². The molecule has 1 N–H and O–H groups in total. The maximum absolute atomic E-state index is 13.8. The molecule has 9 nitrogen and oxygen atoms in total. The molecule has 6 rings (SSSR count). The van der Waals surface area contributed by atoms with Gasteiger partial charge in [0.25, 0.3) is 5.56 Å². The Morgan fingerprint density at radius 3 is 2.67 bits per heavy atom.